The van der Waals surface area contributed by atoms with Crippen molar-refractivity contribution in [2.24, 2.45) is 0 Å². The van der Waals surface area contributed by atoms with Crippen LogP contribution in [0.1, 0.15) is 22.2 Å². The predicted octanol–water partition coefficient (Wildman–Crippen LogP) is 2.06. The van der Waals surface area contributed by atoms with Crippen molar-refractivity contribution in [3.8, 4) is 0 Å². The van der Waals surface area contributed by atoms with E-state index < -0.39 is 0 Å². The maximum Gasteiger partial charge on any atom is 0.0300 e. The molecule has 1 atom stereocenters. The van der Waals surface area contributed by atoms with Gasteiger partial charge in [-0.2, -0.15) is 0 Å². The Kier molecular flexibility index (Phi) is 4.58. The molecule has 1 heterocycles. The highest BCUT2D eigenvalue weighted by molar-refractivity contribution is 7.12. The summed E-state index contributed by atoms with van der Waals surface area (Å²) in [6.45, 7) is 8.54. The third kappa shape index (κ3) is 3.40. The third-order valence-corrected chi connectivity index (χ3v) is 3.61. The van der Waals surface area contributed by atoms with Crippen LogP contribution in [0.3, 0.4) is 0 Å². The Bertz CT molecular complexity index is 261. The molecule has 0 fully saturated rings. The summed E-state index contributed by atoms with van der Waals surface area (Å²) in [5, 5.41) is 6.65. The van der Waals surface area contributed by atoms with Crippen LogP contribution in [0.4, 0.5) is 0 Å². The third-order valence-electron chi connectivity index (χ3n) is 2.46. The van der Waals surface area contributed by atoms with E-state index in [2.05, 4.69) is 37.5 Å². The Balaban J connectivity index is 2.31. The molecule has 0 aliphatic carbocycles. The minimum absolute atomic E-state index is 0.539. The SMILES string of the molecule is CNC(C)CNCc1cc(C)c(C)s1. The summed E-state index contributed by atoms with van der Waals surface area (Å²) >= 11 is 1.89. The molecule has 80 valence electrons. The van der Waals surface area contributed by atoms with Crippen LogP contribution in [0.25, 0.3) is 0 Å². The van der Waals surface area contributed by atoms with Gasteiger partial charge in [0.1, 0.15) is 0 Å². The van der Waals surface area contributed by atoms with E-state index in [1.807, 2.05) is 18.4 Å². The molecule has 0 saturated carbocycles. The molecule has 0 aromatic carbocycles. The zero-order valence-electron chi connectivity index (χ0n) is 9.48. The minimum atomic E-state index is 0.539. The van der Waals surface area contributed by atoms with Gasteiger partial charge in [-0.05, 0) is 39.4 Å². The predicted molar refractivity (Wildman–Crippen MR) is 64.0 cm³/mol. The molecule has 2 nitrogen and oxygen atoms in total. The first kappa shape index (κ1) is 11.7. The van der Waals surface area contributed by atoms with Crippen molar-refractivity contribution in [1.29, 1.82) is 0 Å². The van der Waals surface area contributed by atoms with Crippen LogP contribution in [-0.2, 0) is 6.54 Å². The molecule has 14 heavy (non-hydrogen) atoms. The quantitative estimate of drug-likeness (QED) is 0.781. The minimum Gasteiger partial charge on any atom is -0.316 e. The van der Waals surface area contributed by atoms with E-state index in [-0.39, 0.29) is 0 Å². The lowest BCUT2D eigenvalue weighted by molar-refractivity contribution is 0.543. The molecule has 0 aliphatic heterocycles. The van der Waals surface area contributed by atoms with Gasteiger partial charge in [0.15, 0.2) is 0 Å². The molecule has 0 aliphatic rings. The molecule has 0 amide bonds. The second-order valence-electron chi connectivity index (χ2n) is 3.77. The Hall–Kier alpha value is -0.380. The first-order chi connectivity index (χ1) is 6.63. The molecule has 1 aromatic heterocycles. The number of thiophene rings is 1. The summed E-state index contributed by atoms with van der Waals surface area (Å²) < 4.78 is 0. The summed E-state index contributed by atoms with van der Waals surface area (Å²) in [5.74, 6) is 0. The molecular formula is C11H20N2S. The normalized spacial score (nSPS) is 13.1. The molecule has 0 bridgehead atoms. The van der Waals surface area contributed by atoms with E-state index in [9.17, 15) is 0 Å². The van der Waals surface area contributed by atoms with Crippen LogP contribution < -0.4 is 10.6 Å². The Morgan fingerprint density at radius 1 is 1.43 bits per heavy atom. The Morgan fingerprint density at radius 2 is 2.14 bits per heavy atom. The average molecular weight is 212 g/mol. The molecule has 1 rings (SSSR count). The van der Waals surface area contributed by atoms with Gasteiger partial charge >= 0.3 is 0 Å². The molecule has 0 radical (unpaired) electrons. The number of aryl methyl sites for hydroxylation is 2. The van der Waals surface area contributed by atoms with E-state index in [1.165, 1.54) is 15.3 Å². The largest absolute Gasteiger partial charge is 0.316 e. The zero-order valence-corrected chi connectivity index (χ0v) is 10.3. The van der Waals surface area contributed by atoms with E-state index in [0.717, 1.165) is 13.1 Å². The van der Waals surface area contributed by atoms with Gasteiger partial charge in [0.05, 0.1) is 0 Å². The summed E-state index contributed by atoms with van der Waals surface area (Å²) in [7, 11) is 1.99. The lowest BCUT2D eigenvalue weighted by Crippen LogP contribution is -2.33. The number of hydrogen-bond acceptors (Lipinski definition) is 3. The van der Waals surface area contributed by atoms with Crippen molar-refractivity contribution < 1.29 is 0 Å². The van der Waals surface area contributed by atoms with Gasteiger partial charge in [-0.3, -0.25) is 0 Å². The zero-order chi connectivity index (χ0) is 10.6. The number of nitrogens with one attached hydrogen (secondary N) is 2. The van der Waals surface area contributed by atoms with Crippen molar-refractivity contribution in [3.63, 3.8) is 0 Å². The molecule has 0 spiro atoms. The van der Waals surface area contributed by atoms with Gasteiger partial charge in [-0.15, -0.1) is 11.3 Å². The van der Waals surface area contributed by atoms with E-state index >= 15 is 0 Å². The van der Waals surface area contributed by atoms with Crippen LogP contribution in [0.15, 0.2) is 6.07 Å². The monoisotopic (exact) mass is 212 g/mol. The fraction of sp³-hybridized carbons (Fsp3) is 0.636. The fourth-order valence-electron chi connectivity index (χ4n) is 1.25. The van der Waals surface area contributed by atoms with Crippen LogP contribution >= 0.6 is 11.3 Å². The van der Waals surface area contributed by atoms with E-state index in [4.69, 9.17) is 0 Å². The first-order valence-electron chi connectivity index (χ1n) is 5.07. The van der Waals surface area contributed by atoms with Gasteiger partial charge in [0.25, 0.3) is 0 Å². The fourth-order valence-corrected chi connectivity index (χ4v) is 2.27. The Labute approximate surface area is 90.7 Å². The molecule has 2 N–H and O–H groups in total. The van der Waals surface area contributed by atoms with Gasteiger partial charge in [-0.25, -0.2) is 0 Å². The molecule has 3 heteroatoms. The van der Waals surface area contributed by atoms with Crippen LogP contribution in [0.2, 0.25) is 0 Å². The molecule has 1 aromatic rings. The number of likely N-dealkylation sites (N-methyl/N-ethyl adjacent to an activating group) is 1. The van der Waals surface area contributed by atoms with Crippen molar-refractivity contribution in [2.75, 3.05) is 13.6 Å². The first-order valence-corrected chi connectivity index (χ1v) is 5.89. The maximum absolute atomic E-state index is 3.44. The maximum atomic E-state index is 3.44. The highest BCUT2D eigenvalue weighted by atomic mass is 32.1. The highest BCUT2D eigenvalue weighted by Crippen LogP contribution is 2.19. The summed E-state index contributed by atoms with van der Waals surface area (Å²) in [6.07, 6.45) is 0. The van der Waals surface area contributed by atoms with E-state index in [1.54, 1.807) is 0 Å². The molecular weight excluding hydrogens is 192 g/mol. The summed E-state index contributed by atoms with van der Waals surface area (Å²) in [5.41, 5.74) is 1.41. The second kappa shape index (κ2) is 5.49. The standard InChI is InChI=1S/C11H20N2S/c1-8-5-11(14-10(8)3)7-13-6-9(2)12-4/h5,9,12-13H,6-7H2,1-4H3. The average Bonchev–Trinajstić information content (AvgIpc) is 2.46. The van der Waals surface area contributed by atoms with Gasteiger partial charge in [-0.1, -0.05) is 0 Å². The van der Waals surface area contributed by atoms with Gasteiger partial charge in [0.2, 0.25) is 0 Å². The summed E-state index contributed by atoms with van der Waals surface area (Å²) in [6, 6.07) is 2.81. The van der Waals surface area contributed by atoms with Crippen LogP contribution in [0.5, 0.6) is 0 Å². The van der Waals surface area contributed by atoms with E-state index in [0.29, 0.717) is 6.04 Å². The Morgan fingerprint density at radius 3 is 2.64 bits per heavy atom. The summed E-state index contributed by atoms with van der Waals surface area (Å²) in [4.78, 5) is 2.87. The van der Waals surface area contributed by atoms with Crippen molar-refractivity contribution in [3.05, 3.63) is 21.4 Å². The van der Waals surface area contributed by atoms with Crippen molar-refractivity contribution in [2.45, 2.75) is 33.4 Å². The molecule has 1 unspecified atom stereocenters. The lowest BCUT2D eigenvalue weighted by Gasteiger charge is -2.10. The number of hydrogen-bond donors (Lipinski definition) is 2. The number of rotatable bonds is 5. The van der Waals surface area contributed by atoms with Crippen molar-refractivity contribution in [1.82, 2.24) is 10.6 Å². The van der Waals surface area contributed by atoms with Crippen LogP contribution in [0, 0.1) is 13.8 Å². The van der Waals surface area contributed by atoms with Gasteiger partial charge < -0.3 is 10.6 Å². The lowest BCUT2D eigenvalue weighted by atomic mass is 10.3. The topological polar surface area (TPSA) is 24.1 Å². The van der Waals surface area contributed by atoms with Crippen molar-refractivity contribution >= 4 is 11.3 Å². The van der Waals surface area contributed by atoms with Gasteiger partial charge in [0, 0.05) is 28.9 Å². The highest BCUT2D eigenvalue weighted by Gasteiger charge is 2.02. The second-order valence-corrected chi connectivity index (χ2v) is 5.11. The molecule has 0 saturated heterocycles. The van der Waals surface area contributed by atoms with Crippen LogP contribution in [-0.4, -0.2) is 19.6 Å². The smallest absolute Gasteiger partial charge is 0.0300 e.